The molecule has 2 aliphatic rings. The lowest BCUT2D eigenvalue weighted by atomic mass is 10.1. The second kappa shape index (κ2) is 7.19. The average molecular weight is 364 g/mol. The van der Waals surface area contributed by atoms with E-state index in [4.69, 9.17) is 0 Å². The minimum absolute atomic E-state index is 0.113. The first kappa shape index (κ1) is 17.2. The Morgan fingerprint density at radius 3 is 2.74 bits per heavy atom. The van der Waals surface area contributed by atoms with Gasteiger partial charge in [-0.25, -0.2) is 0 Å². The highest BCUT2D eigenvalue weighted by molar-refractivity contribution is 6.12. The van der Waals surface area contributed by atoms with E-state index in [1.165, 1.54) is 4.90 Å². The number of fused-ring (bicyclic) bond motifs is 2. The number of aromatic nitrogens is 1. The van der Waals surface area contributed by atoms with Crippen molar-refractivity contribution in [3.05, 3.63) is 59.9 Å². The standard InChI is InChI=1S/C20H20N4O3/c25-18(22-12-14-7-9-21-10-8-14)13-24-16-5-2-1-4-15(16)19(26)23-11-3-6-17(23)20(24)27/h1-2,4-5,7-10,17H,3,6,11-13H2,(H,22,25). The van der Waals surface area contributed by atoms with Crippen molar-refractivity contribution in [2.45, 2.75) is 25.4 Å². The first-order chi connectivity index (χ1) is 13.1. The molecule has 7 heteroatoms. The van der Waals surface area contributed by atoms with Crippen LogP contribution in [0.25, 0.3) is 0 Å². The van der Waals surface area contributed by atoms with Gasteiger partial charge in [0.1, 0.15) is 12.6 Å². The van der Waals surface area contributed by atoms with E-state index < -0.39 is 6.04 Å². The number of carbonyl (C=O) groups is 3. The number of rotatable bonds is 4. The molecule has 0 spiro atoms. The number of amides is 3. The summed E-state index contributed by atoms with van der Waals surface area (Å²) < 4.78 is 0. The van der Waals surface area contributed by atoms with Gasteiger partial charge in [-0.1, -0.05) is 12.1 Å². The molecule has 3 heterocycles. The molecule has 27 heavy (non-hydrogen) atoms. The molecule has 2 aliphatic heterocycles. The number of anilines is 1. The van der Waals surface area contributed by atoms with Gasteiger partial charge < -0.3 is 15.1 Å². The van der Waals surface area contributed by atoms with Gasteiger partial charge in [-0.15, -0.1) is 0 Å². The number of carbonyl (C=O) groups excluding carboxylic acids is 3. The van der Waals surface area contributed by atoms with Crippen LogP contribution in [0.5, 0.6) is 0 Å². The predicted molar refractivity (Wildman–Crippen MR) is 98.9 cm³/mol. The SMILES string of the molecule is O=C(CN1C(=O)C2CCCN2C(=O)c2ccccc21)NCc1ccncc1. The third-order valence-electron chi connectivity index (χ3n) is 5.03. The minimum Gasteiger partial charge on any atom is -0.350 e. The number of pyridine rings is 1. The molecule has 1 unspecified atom stereocenters. The second-order valence-corrected chi connectivity index (χ2v) is 6.73. The quantitative estimate of drug-likeness (QED) is 0.888. The Kier molecular flexibility index (Phi) is 4.58. The monoisotopic (exact) mass is 364 g/mol. The molecule has 0 aliphatic carbocycles. The molecule has 7 nitrogen and oxygen atoms in total. The lowest BCUT2D eigenvalue weighted by Crippen LogP contribution is -2.48. The van der Waals surface area contributed by atoms with Crippen LogP contribution in [0.1, 0.15) is 28.8 Å². The van der Waals surface area contributed by atoms with Crippen LogP contribution in [-0.4, -0.2) is 46.7 Å². The summed E-state index contributed by atoms with van der Waals surface area (Å²) in [5, 5.41) is 2.83. The van der Waals surface area contributed by atoms with Crippen molar-refractivity contribution in [2.24, 2.45) is 0 Å². The third-order valence-corrected chi connectivity index (χ3v) is 5.03. The zero-order valence-corrected chi connectivity index (χ0v) is 14.8. The highest BCUT2D eigenvalue weighted by Crippen LogP contribution is 2.32. The molecule has 0 bridgehead atoms. The molecule has 1 aromatic carbocycles. The van der Waals surface area contributed by atoms with Crippen LogP contribution in [0.2, 0.25) is 0 Å². The number of benzene rings is 1. The third kappa shape index (κ3) is 3.28. The van der Waals surface area contributed by atoms with E-state index in [1.807, 2.05) is 12.1 Å². The van der Waals surface area contributed by atoms with E-state index in [9.17, 15) is 14.4 Å². The molecular formula is C20H20N4O3. The zero-order chi connectivity index (χ0) is 18.8. The van der Waals surface area contributed by atoms with Gasteiger partial charge in [-0.05, 0) is 42.7 Å². The van der Waals surface area contributed by atoms with Crippen molar-refractivity contribution < 1.29 is 14.4 Å². The molecule has 1 N–H and O–H groups in total. The lowest BCUT2D eigenvalue weighted by Gasteiger charge is -2.25. The number of hydrogen-bond donors (Lipinski definition) is 1. The molecule has 0 radical (unpaired) electrons. The fourth-order valence-electron chi connectivity index (χ4n) is 3.67. The molecule has 1 saturated heterocycles. The molecule has 1 atom stereocenters. The van der Waals surface area contributed by atoms with Crippen LogP contribution in [0, 0.1) is 0 Å². The van der Waals surface area contributed by atoms with Crippen LogP contribution >= 0.6 is 0 Å². The van der Waals surface area contributed by atoms with Gasteiger partial charge in [0, 0.05) is 25.5 Å². The van der Waals surface area contributed by atoms with Crippen molar-refractivity contribution in [3.63, 3.8) is 0 Å². The average Bonchev–Trinajstić information content (AvgIpc) is 3.17. The second-order valence-electron chi connectivity index (χ2n) is 6.73. The van der Waals surface area contributed by atoms with E-state index >= 15 is 0 Å². The van der Waals surface area contributed by atoms with Crippen LogP contribution < -0.4 is 10.2 Å². The normalized spacial score (nSPS) is 18.7. The van der Waals surface area contributed by atoms with E-state index in [0.29, 0.717) is 30.8 Å². The highest BCUT2D eigenvalue weighted by atomic mass is 16.2. The minimum atomic E-state index is -0.488. The predicted octanol–water partition coefficient (Wildman–Crippen LogP) is 1.35. The fourth-order valence-corrected chi connectivity index (χ4v) is 3.67. The van der Waals surface area contributed by atoms with Crippen LogP contribution in [0.3, 0.4) is 0 Å². The van der Waals surface area contributed by atoms with Crippen molar-refractivity contribution in [2.75, 3.05) is 18.0 Å². The van der Waals surface area contributed by atoms with Crippen molar-refractivity contribution in [1.82, 2.24) is 15.2 Å². The smallest absolute Gasteiger partial charge is 0.256 e. The number of nitrogens with one attached hydrogen (secondary N) is 1. The highest BCUT2D eigenvalue weighted by Gasteiger charge is 2.42. The van der Waals surface area contributed by atoms with Crippen LogP contribution in [-0.2, 0) is 16.1 Å². The lowest BCUT2D eigenvalue weighted by molar-refractivity contribution is -0.125. The van der Waals surface area contributed by atoms with Gasteiger partial charge in [0.25, 0.3) is 5.91 Å². The van der Waals surface area contributed by atoms with Gasteiger partial charge in [-0.3, -0.25) is 19.4 Å². The molecule has 0 saturated carbocycles. The summed E-state index contributed by atoms with van der Waals surface area (Å²) in [6.07, 6.45) is 4.76. The van der Waals surface area contributed by atoms with Crippen molar-refractivity contribution in [1.29, 1.82) is 0 Å². The van der Waals surface area contributed by atoms with E-state index in [2.05, 4.69) is 10.3 Å². The Morgan fingerprint density at radius 2 is 1.93 bits per heavy atom. The van der Waals surface area contributed by atoms with E-state index in [0.717, 1.165) is 12.0 Å². The van der Waals surface area contributed by atoms with Gasteiger partial charge >= 0.3 is 0 Å². The number of para-hydroxylation sites is 1. The molecule has 4 rings (SSSR count). The maximum Gasteiger partial charge on any atom is 0.256 e. The molecule has 1 fully saturated rings. The van der Waals surface area contributed by atoms with Gasteiger partial charge in [0.05, 0.1) is 11.3 Å². The first-order valence-corrected chi connectivity index (χ1v) is 9.02. The largest absolute Gasteiger partial charge is 0.350 e. The summed E-state index contributed by atoms with van der Waals surface area (Å²) in [6.45, 7) is 0.823. The maximum atomic E-state index is 13.1. The zero-order valence-electron chi connectivity index (χ0n) is 14.8. The summed E-state index contributed by atoms with van der Waals surface area (Å²) >= 11 is 0. The summed E-state index contributed by atoms with van der Waals surface area (Å²) in [5.74, 6) is -0.597. The summed E-state index contributed by atoms with van der Waals surface area (Å²) in [6, 6.07) is 10.1. The Labute approximate surface area is 157 Å². The Morgan fingerprint density at radius 1 is 1.15 bits per heavy atom. The summed E-state index contributed by atoms with van der Waals surface area (Å²) in [4.78, 5) is 45.5. The molecule has 3 amide bonds. The first-order valence-electron chi connectivity index (χ1n) is 9.02. The van der Waals surface area contributed by atoms with Crippen LogP contribution in [0.4, 0.5) is 5.69 Å². The number of nitrogens with zero attached hydrogens (tertiary/aromatic N) is 3. The van der Waals surface area contributed by atoms with Crippen LogP contribution in [0.15, 0.2) is 48.8 Å². The Hall–Kier alpha value is -3.22. The number of hydrogen-bond acceptors (Lipinski definition) is 4. The Bertz CT molecular complexity index is 884. The summed E-state index contributed by atoms with van der Waals surface area (Å²) in [5.41, 5.74) is 1.90. The maximum absolute atomic E-state index is 13.1. The van der Waals surface area contributed by atoms with E-state index in [1.54, 1.807) is 41.6 Å². The van der Waals surface area contributed by atoms with Crippen molar-refractivity contribution >= 4 is 23.4 Å². The molecule has 2 aromatic rings. The Balaban J connectivity index is 1.56. The van der Waals surface area contributed by atoms with Crippen molar-refractivity contribution in [3.8, 4) is 0 Å². The topological polar surface area (TPSA) is 82.6 Å². The van der Waals surface area contributed by atoms with Gasteiger partial charge in [0.2, 0.25) is 11.8 Å². The summed E-state index contributed by atoms with van der Waals surface area (Å²) in [7, 11) is 0. The van der Waals surface area contributed by atoms with Gasteiger partial charge in [-0.2, -0.15) is 0 Å². The molecule has 138 valence electrons. The van der Waals surface area contributed by atoms with Gasteiger partial charge in [0.15, 0.2) is 0 Å². The molecule has 1 aromatic heterocycles. The molecular weight excluding hydrogens is 344 g/mol. The van der Waals surface area contributed by atoms with E-state index in [-0.39, 0.29) is 24.3 Å². The fraction of sp³-hybridized carbons (Fsp3) is 0.300.